The summed E-state index contributed by atoms with van der Waals surface area (Å²) in [5.74, 6) is 0.566. The lowest BCUT2D eigenvalue weighted by Crippen LogP contribution is -2.40. The third-order valence-corrected chi connectivity index (χ3v) is 8.32. The first-order valence-electron chi connectivity index (χ1n) is 13.4. The lowest BCUT2D eigenvalue weighted by atomic mass is 9.96. The molecule has 1 aromatic heterocycles. The van der Waals surface area contributed by atoms with Gasteiger partial charge in [-0.1, -0.05) is 77.0 Å². The number of hydrogen-bond donors (Lipinski definition) is 0. The van der Waals surface area contributed by atoms with Crippen LogP contribution < -0.4 is 24.4 Å². The second kappa shape index (κ2) is 13.0. The summed E-state index contributed by atoms with van der Waals surface area (Å²) in [6.45, 7) is 6.26. The Hall–Kier alpha value is -3.85. The van der Waals surface area contributed by atoms with Crippen molar-refractivity contribution in [2.24, 2.45) is 4.99 Å². The van der Waals surface area contributed by atoms with Crippen LogP contribution in [0.2, 0.25) is 10.0 Å². The molecule has 1 atom stereocenters. The van der Waals surface area contributed by atoms with E-state index in [4.69, 9.17) is 37.4 Å². The molecule has 0 spiro atoms. The van der Waals surface area contributed by atoms with Crippen molar-refractivity contribution in [1.29, 1.82) is 0 Å². The van der Waals surface area contributed by atoms with Gasteiger partial charge < -0.3 is 14.2 Å². The Kier molecular flexibility index (Phi) is 9.16. The van der Waals surface area contributed by atoms with Crippen molar-refractivity contribution >= 4 is 46.6 Å². The quantitative estimate of drug-likeness (QED) is 0.211. The van der Waals surface area contributed by atoms with Crippen LogP contribution in [0.25, 0.3) is 6.08 Å². The Balaban J connectivity index is 1.57. The molecule has 4 aromatic rings. The van der Waals surface area contributed by atoms with Gasteiger partial charge in [0.1, 0.15) is 12.6 Å². The second-order valence-electron chi connectivity index (χ2n) is 9.34. The summed E-state index contributed by atoms with van der Waals surface area (Å²) < 4.78 is 19.2. The minimum atomic E-state index is -0.782. The minimum absolute atomic E-state index is 0.190. The average Bonchev–Trinajstić information content (AvgIpc) is 3.27. The molecule has 0 saturated heterocycles. The summed E-state index contributed by atoms with van der Waals surface area (Å²) in [6, 6.07) is 19.3. The monoisotopic (exact) mass is 622 g/mol. The first-order valence-corrected chi connectivity index (χ1v) is 15.0. The number of ether oxygens (including phenoxy) is 3. The molecule has 2 heterocycles. The number of thiazole rings is 1. The fourth-order valence-electron chi connectivity index (χ4n) is 4.71. The highest BCUT2D eigenvalue weighted by atomic mass is 35.5. The SMILES string of the molecule is CCOC(=O)C1=C(C)N=c2s/c(=C\c3ccc(OCc4ccccc4Cl)c(OCC)c3)c(=O)n2[C@H]1c1ccccc1Cl. The van der Waals surface area contributed by atoms with Crippen molar-refractivity contribution in [1.82, 2.24) is 4.57 Å². The topological polar surface area (TPSA) is 79.1 Å². The first-order chi connectivity index (χ1) is 20.3. The third-order valence-electron chi connectivity index (χ3n) is 6.62. The van der Waals surface area contributed by atoms with Crippen LogP contribution in [0.1, 0.15) is 43.5 Å². The standard InChI is InChI=1S/C32H28Cl2N2O5S/c1-4-39-26-16-20(14-15-25(26)41-18-21-10-6-8-12-23(21)33)17-27-30(37)36-29(22-11-7-9-13-24(22)34)28(31(38)40-5-2)19(3)35-32(36)42-27/h6-17,29H,4-5,18H2,1-3H3/b27-17-/t29-/m0/s1. The minimum Gasteiger partial charge on any atom is -0.490 e. The van der Waals surface area contributed by atoms with Crippen molar-refractivity contribution in [3.8, 4) is 11.5 Å². The summed E-state index contributed by atoms with van der Waals surface area (Å²) >= 11 is 14.1. The smallest absolute Gasteiger partial charge is 0.338 e. The molecule has 5 rings (SSSR count). The number of benzene rings is 3. The summed E-state index contributed by atoms with van der Waals surface area (Å²) in [5, 5.41) is 1.06. The Labute approximate surface area is 256 Å². The third kappa shape index (κ3) is 6.02. The molecule has 0 amide bonds. The van der Waals surface area contributed by atoms with Gasteiger partial charge in [-0.2, -0.15) is 0 Å². The van der Waals surface area contributed by atoms with Crippen LogP contribution in [0.3, 0.4) is 0 Å². The van der Waals surface area contributed by atoms with Gasteiger partial charge in [0.2, 0.25) is 0 Å². The number of halogens is 2. The number of carbonyl (C=O) groups excluding carboxylic acids is 1. The van der Waals surface area contributed by atoms with Crippen LogP contribution >= 0.6 is 34.5 Å². The molecule has 3 aromatic carbocycles. The number of fused-ring (bicyclic) bond motifs is 1. The lowest BCUT2D eigenvalue weighted by Gasteiger charge is -2.25. The molecule has 0 bridgehead atoms. The van der Waals surface area contributed by atoms with Gasteiger partial charge in [0, 0.05) is 15.6 Å². The van der Waals surface area contributed by atoms with Crippen molar-refractivity contribution in [3.05, 3.63) is 124 Å². The molecule has 10 heteroatoms. The normalized spacial score (nSPS) is 14.8. The van der Waals surface area contributed by atoms with Gasteiger partial charge in [-0.15, -0.1) is 0 Å². The Bertz CT molecular complexity index is 1860. The number of aromatic nitrogens is 1. The fraction of sp³-hybridized carbons (Fsp3) is 0.219. The van der Waals surface area contributed by atoms with Crippen molar-refractivity contribution in [3.63, 3.8) is 0 Å². The van der Waals surface area contributed by atoms with Gasteiger partial charge in [-0.25, -0.2) is 9.79 Å². The van der Waals surface area contributed by atoms with Gasteiger partial charge in [0.25, 0.3) is 5.56 Å². The van der Waals surface area contributed by atoms with Crippen LogP contribution in [0, 0.1) is 0 Å². The lowest BCUT2D eigenvalue weighted by molar-refractivity contribution is -0.139. The van der Waals surface area contributed by atoms with E-state index < -0.39 is 12.0 Å². The summed E-state index contributed by atoms with van der Waals surface area (Å²) in [7, 11) is 0. The number of hydrogen-bond acceptors (Lipinski definition) is 7. The maximum absolute atomic E-state index is 13.9. The second-order valence-corrected chi connectivity index (χ2v) is 11.2. The van der Waals surface area contributed by atoms with Crippen molar-refractivity contribution in [2.45, 2.75) is 33.4 Å². The first kappa shape index (κ1) is 29.6. The van der Waals surface area contributed by atoms with Crippen LogP contribution in [0.5, 0.6) is 11.5 Å². The zero-order chi connectivity index (χ0) is 29.8. The van der Waals surface area contributed by atoms with Crippen molar-refractivity contribution < 1.29 is 19.0 Å². The van der Waals surface area contributed by atoms with Crippen LogP contribution in [-0.2, 0) is 16.1 Å². The summed E-state index contributed by atoms with van der Waals surface area (Å²) in [5.41, 5.74) is 2.67. The van der Waals surface area contributed by atoms with E-state index in [2.05, 4.69) is 4.99 Å². The van der Waals surface area contributed by atoms with E-state index in [9.17, 15) is 9.59 Å². The van der Waals surface area contributed by atoms with Gasteiger partial charge in [-0.3, -0.25) is 9.36 Å². The molecule has 1 aliphatic rings. The average molecular weight is 624 g/mol. The van der Waals surface area contributed by atoms with E-state index >= 15 is 0 Å². The van der Waals surface area contributed by atoms with E-state index in [1.165, 1.54) is 15.9 Å². The highest BCUT2D eigenvalue weighted by molar-refractivity contribution is 7.07. The molecule has 42 heavy (non-hydrogen) atoms. The molecule has 0 fully saturated rings. The van der Waals surface area contributed by atoms with Crippen molar-refractivity contribution in [2.75, 3.05) is 13.2 Å². The van der Waals surface area contributed by atoms with Gasteiger partial charge in [-0.05, 0) is 62.2 Å². The highest BCUT2D eigenvalue weighted by Crippen LogP contribution is 2.35. The van der Waals surface area contributed by atoms with Gasteiger partial charge in [0.15, 0.2) is 16.3 Å². The highest BCUT2D eigenvalue weighted by Gasteiger charge is 2.34. The van der Waals surface area contributed by atoms with E-state index in [1.807, 2.05) is 49.4 Å². The maximum Gasteiger partial charge on any atom is 0.338 e. The molecule has 0 unspecified atom stereocenters. The van der Waals surface area contributed by atoms with E-state index in [0.717, 1.165) is 11.1 Å². The zero-order valence-electron chi connectivity index (χ0n) is 23.2. The fourth-order valence-corrected chi connectivity index (χ4v) is 6.18. The molecule has 0 N–H and O–H groups in total. The Morgan fingerprint density at radius 1 is 0.976 bits per heavy atom. The van der Waals surface area contributed by atoms with Crippen LogP contribution in [0.4, 0.5) is 0 Å². The molecule has 216 valence electrons. The maximum atomic E-state index is 13.9. The summed E-state index contributed by atoms with van der Waals surface area (Å²) in [6.07, 6.45) is 1.78. The molecule has 7 nitrogen and oxygen atoms in total. The van der Waals surface area contributed by atoms with E-state index in [0.29, 0.717) is 48.7 Å². The molecular weight excluding hydrogens is 595 g/mol. The number of nitrogens with zero attached hydrogens (tertiary/aromatic N) is 2. The molecular formula is C32H28Cl2N2O5S. The molecule has 1 aliphatic heterocycles. The van der Waals surface area contributed by atoms with Crippen LogP contribution in [0.15, 0.2) is 87.8 Å². The predicted octanol–water partition coefficient (Wildman–Crippen LogP) is 6.08. The Morgan fingerprint density at radius 2 is 1.71 bits per heavy atom. The van der Waals surface area contributed by atoms with Gasteiger partial charge in [0.05, 0.1) is 29.0 Å². The molecule has 0 aliphatic carbocycles. The largest absolute Gasteiger partial charge is 0.490 e. The number of esters is 1. The van der Waals surface area contributed by atoms with E-state index in [1.54, 1.807) is 44.2 Å². The summed E-state index contributed by atoms with van der Waals surface area (Å²) in [4.78, 5) is 32.1. The van der Waals surface area contributed by atoms with Gasteiger partial charge >= 0.3 is 5.97 Å². The molecule has 0 radical (unpaired) electrons. The number of carbonyl (C=O) groups is 1. The van der Waals surface area contributed by atoms with Crippen LogP contribution in [-0.4, -0.2) is 23.8 Å². The number of allylic oxidation sites excluding steroid dienone is 1. The Morgan fingerprint density at radius 3 is 2.43 bits per heavy atom. The number of rotatable bonds is 9. The predicted molar refractivity (Wildman–Crippen MR) is 165 cm³/mol. The van der Waals surface area contributed by atoms with E-state index in [-0.39, 0.29) is 24.3 Å². The molecule has 0 saturated carbocycles. The zero-order valence-corrected chi connectivity index (χ0v) is 25.6.